The fourth-order valence-electron chi connectivity index (χ4n) is 2.95. The third-order valence-corrected chi connectivity index (χ3v) is 4.40. The smallest absolute Gasteiger partial charge is 0.127 e. The Morgan fingerprint density at radius 3 is 2.52 bits per heavy atom. The summed E-state index contributed by atoms with van der Waals surface area (Å²) in [5, 5.41) is 0.772. The van der Waals surface area contributed by atoms with Crippen LogP contribution in [0.3, 0.4) is 0 Å². The molecule has 0 bridgehead atoms. The SMILES string of the molecule is CC(C)CC(N)c1nc2ccccc2n1Cc1ccccc1Cl. The monoisotopic (exact) mass is 327 g/mol. The van der Waals surface area contributed by atoms with Crippen molar-refractivity contribution in [1.82, 2.24) is 9.55 Å². The highest BCUT2D eigenvalue weighted by atomic mass is 35.5. The molecule has 0 aliphatic rings. The Labute approximate surface area is 142 Å². The van der Waals surface area contributed by atoms with Crippen molar-refractivity contribution in [2.75, 3.05) is 0 Å². The number of nitrogens with two attached hydrogens (primary N) is 1. The average molecular weight is 328 g/mol. The summed E-state index contributed by atoms with van der Waals surface area (Å²) in [5.41, 5.74) is 9.59. The Bertz CT molecular complexity index is 807. The third kappa shape index (κ3) is 3.41. The van der Waals surface area contributed by atoms with Gasteiger partial charge in [0.2, 0.25) is 0 Å². The molecule has 0 amide bonds. The summed E-state index contributed by atoms with van der Waals surface area (Å²) in [6.07, 6.45) is 0.909. The molecule has 3 nitrogen and oxygen atoms in total. The molecule has 4 heteroatoms. The van der Waals surface area contributed by atoms with E-state index in [-0.39, 0.29) is 6.04 Å². The van der Waals surface area contributed by atoms with Gasteiger partial charge in [0.15, 0.2) is 0 Å². The minimum absolute atomic E-state index is 0.0788. The summed E-state index contributed by atoms with van der Waals surface area (Å²) >= 11 is 6.34. The molecule has 0 spiro atoms. The van der Waals surface area contributed by atoms with Gasteiger partial charge in [0.25, 0.3) is 0 Å². The first-order chi connectivity index (χ1) is 11.1. The van der Waals surface area contributed by atoms with Gasteiger partial charge in [-0.05, 0) is 36.1 Å². The van der Waals surface area contributed by atoms with E-state index in [9.17, 15) is 0 Å². The van der Waals surface area contributed by atoms with E-state index in [4.69, 9.17) is 22.3 Å². The van der Waals surface area contributed by atoms with E-state index in [1.165, 1.54) is 0 Å². The maximum atomic E-state index is 6.44. The average Bonchev–Trinajstić information content (AvgIpc) is 2.88. The van der Waals surface area contributed by atoms with Crippen LogP contribution in [0.5, 0.6) is 0 Å². The van der Waals surface area contributed by atoms with Crippen LogP contribution in [0.4, 0.5) is 0 Å². The second kappa shape index (κ2) is 6.73. The number of nitrogens with zero attached hydrogens (tertiary/aromatic N) is 2. The lowest BCUT2D eigenvalue weighted by atomic mass is 10.0. The molecule has 0 aliphatic heterocycles. The highest BCUT2D eigenvalue weighted by Crippen LogP contribution is 2.26. The second-order valence-electron chi connectivity index (χ2n) is 6.37. The minimum atomic E-state index is -0.0788. The van der Waals surface area contributed by atoms with E-state index >= 15 is 0 Å². The number of aromatic nitrogens is 2. The van der Waals surface area contributed by atoms with Crippen molar-refractivity contribution in [3.05, 3.63) is 64.9 Å². The summed E-state index contributed by atoms with van der Waals surface area (Å²) in [6, 6.07) is 16.0. The third-order valence-electron chi connectivity index (χ3n) is 4.03. The number of fused-ring (bicyclic) bond motifs is 1. The lowest BCUT2D eigenvalue weighted by Gasteiger charge is -2.17. The topological polar surface area (TPSA) is 43.8 Å². The summed E-state index contributed by atoms with van der Waals surface area (Å²) in [5.74, 6) is 1.46. The standard InChI is InChI=1S/C19H22ClN3/c1-13(2)11-16(21)19-22-17-9-5-6-10-18(17)23(19)12-14-7-3-4-8-15(14)20/h3-10,13,16H,11-12,21H2,1-2H3. The lowest BCUT2D eigenvalue weighted by Crippen LogP contribution is -2.19. The molecule has 1 atom stereocenters. The van der Waals surface area contributed by atoms with E-state index in [1.54, 1.807) is 0 Å². The quantitative estimate of drug-likeness (QED) is 0.732. The van der Waals surface area contributed by atoms with Crippen LogP contribution in [-0.4, -0.2) is 9.55 Å². The molecule has 0 aliphatic carbocycles. The molecule has 0 saturated heterocycles. The molecule has 3 aromatic rings. The molecular weight excluding hydrogens is 306 g/mol. The van der Waals surface area contributed by atoms with Crippen molar-refractivity contribution in [3.63, 3.8) is 0 Å². The van der Waals surface area contributed by atoms with Gasteiger partial charge in [0.1, 0.15) is 5.82 Å². The highest BCUT2D eigenvalue weighted by molar-refractivity contribution is 6.31. The van der Waals surface area contributed by atoms with E-state index in [1.807, 2.05) is 36.4 Å². The van der Waals surface area contributed by atoms with Crippen molar-refractivity contribution < 1.29 is 0 Å². The Kier molecular flexibility index (Phi) is 4.69. The Balaban J connectivity index is 2.07. The Morgan fingerprint density at radius 1 is 1.09 bits per heavy atom. The van der Waals surface area contributed by atoms with Gasteiger partial charge in [-0.3, -0.25) is 0 Å². The number of halogens is 1. The lowest BCUT2D eigenvalue weighted by molar-refractivity contribution is 0.481. The molecular formula is C19H22ClN3. The summed E-state index contributed by atoms with van der Waals surface area (Å²) in [7, 11) is 0. The van der Waals surface area contributed by atoms with E-state index in [2.05, 4.69) is 30.5 Å². The summed E-state index contributed by atoms with van der Waals surface area (Å²) in [4.78, 5) is 4.79. The first-order valence-electron chi connectivity index (χ1n) is 8.00. The van der Waals surface area contributed by atoms with Gasteiger partial charge in [-0.1, -0.05) is 55.8 Å². The van der Waals surface area contributed by atoms with Crippen molar-refractivity contribution in [1.29, 1.82) is 0 Å². The van der Waals surface area contributed by atoms with E-state index in [0.29, 0.717) is 12.5 Å². The fraction of sp³-hybridized carbons (Fsp3) is 0.316. The molecule has 0 fully saturated rings. The number of hydrogen-bond acceptors (Lipinski definition) is 2. The van der Waals surface area contributed by atoms with Gasteiger partial charge in [-0.15, -0.1) is 0 Å². The van der Waals surface area contributed by atoms with Gasteiger partial charge in [-0.25, -0.2) is 4.98 Å². The van der Waals surface area contributed by atoms with Crippen LogP contribution in [0.2, 0.25) is 5.02 Å². The van der Waals surface area contributed by atoms with Crippen LogP contribution in [-0.2, 0) is 6.54 Å². The van der Waals surface area contributed by atoms with Gasteiger partial charge >= 0.3 is 0 Å². The predicted molar refractivity (Wildman–Crippen MR) is 96.7 cm³/mol. The molecule has 120 valence electrons. The zero-order valence-electron chi connectivity index (χ0n) is 13.5. The molecule has 2 aromatic carbocycles. The van der Waals surface area contributed by atoms with Crippen molar-refractivity contribution in [3.8, 4) is 0 Å². The van der Waals surface area contributed by atoms with Crippen LogP contribution in [0.1, 0.15) is 37.7 Å². The van der Waals surface area contributed by atoms with Crippen LogP contribution in [0.15, 0.2) is 48.5 Å². The molecule has 1 aromatic heterocycles. The van der Waals surface area contributed by atoms with E-state index < -0.39 is 0 Å². The molecule has 2 N–H and O–H groups in total. The number of imidazole rings is 1. The molecule has 0 saturated carbocycles. The largest absolute Gasteiger partial charge is 0.322 e. The van der Waals surface area contributed by atoms with E-state index in [0.717, 1.165) is 33.9 Å². The molecule has 1 heterocycles. The van der Waals surface area contributed by atoms with Crippen LogP contribution < -0.4 is 5.73 Å². The zero-order valence-corrected chi connectivity index (χ0v) is 14.3. The maximum absolute atomic E-state index is 6.44. The molecule has 23 heavy (non-hydrogen) atoms. The summed E-state index contributed by atoms with van der Waals surface area (Å²) < 4.78 is 2.20. The summed E-state index contributed by atoms with van der Waals surface area (Å²) in [6.45, 7) is 5.04. The number of hydrogen-bond donors (Lipinski definition) is 1. The predicted octanol–water partition coefficient (Wildman–Crippen LogP) is 4.78. The zero-order chi connectivity index (χ0) is 16.4. The number of benzene rings is 2. The van der Waals surface area contributed by atoms with Crippen molar-refractivity contribution >= 4 is 22.6 Å². The number of rotatable bonds is 5. The normalized spacial score (nSPS) is 12.9. The first-order valence-corrected chi connectivity index (χ1v) is 8.38. The fourth-order valence-corrected chi connectivity index (χ4v) is 3.15. The van der Waals surface area contributed by atoms with Crippen molar-refractivity contribution in [2.45, 2.75) is 32.9 Å². The van der Waals surface area contributed by atoms with Gasteiger partial charge < -0.3 is 10.3 Å². The van der Waals surface area contributed by atoms with Crippen LogP contribution >= 0.6 is 11.6 Å². The Hall–Kier alpha value is -1.84. The van der Waals surface area contributed by atoms with Crippen LogP contribution in [0, 0.1) is 5.92 Å². The molecule has 3 rings (SSSR count). The Morgan fingerprint density at radius 2 is 1.78 bits per heavy atom. The van der Waals surface area contributed by atoms with Gasteiger partial charge in [0, 0.05) is 5.02 Å². The second-order valence-corrected chi connectivity index (χ2v) is 6.78. The van der Waals surface area contributed by atoms with Gasteiger partial charge in [0.05, 0.1) is 23.6 Å². The van der Waals surface area contributed by atoms with Gasteiger partial charge in [-0.2, -0.15) is 0 Å². The van der Waals surface area contributed by atoms with Crippen LogP contribution in [0.25, 0.3) is 11.0 Å². The first kappa shape index (κ1) is 16.0. The maximum Gasteiger partial charge on any atom is 0.127 e. The van der Waals surface area contributed by atoms with Crippen molar-refractivity contribution in [2.24, 2.45) is 11.7 Å². The highest BCUT2D eigenvalue weighted by Gasteiger charge is 2.18. The number of para-hydroxylation sites is 2. The molecule has 0 radical (unpaired) electrons. The molecule has 1 unspecified atom stereocenters. The minimum Gasteiger partial charge on any atom is -0.322 e.